The fourth-order valence-electron chi connectivity index (χ4n) is 1.36. The van der Waals surface area contributed by atoms with Crippen LogP contribution in [0.2, 0.25) is 15.1 Å². The molecule has 0 saturated carbocycles. The number of carbonyl (C=O) groups excluding carboxylic acids is 1. The van der Waals surface area contributed by atoms with E-state index in [-0.39, 0.29) is 21.4 Å². The highest BCUT2D eigenvalue weighted by Crippen LogP contribution is 2.28. The number of nitrogens with zero attached hydrogens (tertiary/aromatic N) is 2. The molecule has 0 spiro atoms. The maximum atomic E-state index is 11.9. The first-order valence-electron chi connectivity index (χ1n) is 5.05. The normalized spacial score (nSPS) is 10.3. The van der Waals surface area contributed by atoms with Gasteiger partial charge in [-0.25, -0.2) is 0 Å². The van der Waals surface area contributed by atoms with Crippen molar-refractivity contribution in [2.45, 2.75) is 0 Å². The fraction of sp³-hybridized carbons (Fsp3) is 0. The number of amides is 1. The molecule has 0 aliphatic rings. The van der Waals surface area contributed by atoms with Crippen LogP contribution in [0.5, 0.6) is 0 Å². The Morgan fingerprint density at radius 2 is 2.05 bits per heavy atom. The van der Waals surface area contributed by atoms with Gasteiger partial charge in [0.15, 0.2) is 10.7 Å². The molecule has 2 aromatic rings. The Morgan fingerprint density at radius 3 is 2.60 bits per heavy atom. The largest absolute Gasteiger partial charge is 0.362 e. The molecular weight excluding hydrogens is 330 g/mol. The van der Waals surface area contributed by atoms with Crippen molar-refractivity contribution in [3.8, 4) is 0 Å². The SMILES string of the molecule is O=C(Nc1ccc(Cl)cc1Cl)c1n[nH]c([N+](=O)[O-])c1Cl. The second-order valence-electron chi connectivity index (χ2n) is 3.57. The summed E-state index contributed by atoms with van der Waals surface area (Å²) < 4.78 is 0. The van der Waals surface area contributed by atoms with Crippen molar-refractivity contribution in [3.05, 3.63) is 49.1 Å². The van der Waals surface area contributed by atoms with Crippen LogP contribution < -0.4 is 5.32 Å². The number of rotatable bonds is 3. The lowest BCUT2D eigenvalue weighted by atomic mass is 10.3. The first kappa shape index (κ1) is 14.6. The third-order valence-corrected chi connectivity index (χ3v) is 3.17. The van der Waals surface area contributed by atoms with E-state index in [4.69, 9.17) is 34.8 Å². The highest BCUT2D eigenvalue weighted by molar-refractivity contribution is 6.38. The average molecular weight is 336 g/mol. The predicted molar refractivity (Wildman–Crippen MR) is 74.7 cm³/mol. The number of carbonyl (C=O) groups is 1. The van der Waals surface area contributed by atoms with Crippen molar-refractivity contribution in [1.82, 2.24) is 10.2 Å². The Hall–Kier alpha value is -1.83. The van der Waals surface area contributed by atoms with Crippen LogP contribution in [-0.4, -0.2) is 21.0 Å². The lowest BCUT2D eigenvalue weighted by molar-refractivity contribution is -0.389. The van der Waals surface area contributed by atoms with Gasteiger partial charge in [-0.2, -0.15) is 0 Å². The maximum absolute atomic E-state index is 11.9. The van der Waals surface area contributed by atoms with Crippen LogP contribution in [0.4, 0.5) is 11.5 Å². The van der Waals surface area contributed by atoms with Crippen LogP contribution in [0.15, 0.2) is 18.2 Å². The van der Waals surface area contributed by atoms with Crippen LogP contribution in [0.1, 0.15) is 10.5 Å². The molecule has 2 N–H and O–H groups in total. The molecule has 0 bridgehead atoms. The van der Waals surface area contributed by atoms with Gasteiger partial charge in [-0.1, -0.05) is 39.9 Å². The summed E-state index contributed by atoms with van der Waals surface area (Å²) in [4.78, 5) is 21.7. The standard InChI is InChI=1S/C10H5Cl3N4O3/c11-4-1-2-6(5(12)3-4)14-10(18)8-7(13)9(16-15-8)17(19)20/h1-3H,(H,14,18)(H,15,16). The third kappa shape index (κ3) is 2.84. The zero-order valence-electron chi connectivity index (χ0n) is 9.49. The van der Waals surface area contributed by atoms with Crippen molar-refractivity contribution in [1.29, 1.82) is 0 Å². The molecular formula is C10H5Cl3N4O3. The second kappa shape index (κ2) is 5.66. The molecule has 0 saturated heterocycles. The number of nitrogens with one attached hydrogen (secondary N) is 2. The Labute approximate surface area is 127 Å². The van der Waals surface area contributed by atoms with E-state index in [0.29, 0.717) is 5.02 Å². The minimum atomic E-state index is -0.776. The van der Waals surface area contributed by atoms with Crippen LogP contribution >= 0.6 is 34.8 Å². The monoisotopic (exact) mass is 334 g/mol. The van der Waals surface area contributed by atoms with Gasteiger partial charge in [0.25, 0.3) is 5.91 Å². The lowest BCUT2D eigenvalue weighted by Gasteiger charge is -2.05. The molecule has 1 amide bonds. The van der Waals surface area contributed by atoms with E-state index in [1.54, 1.807) is 0 Å². The minimum absolute atomic E-state index is 0.215. The van der Waals surface area contributed by atoms with E-state index >= 15 is 0 Å². The number of H-pyrrole nitrogens is 1. The molecule has 0 fully saturated rings. The zero-order chi connectivity index (χ0) is 14.9. The fourth-order valence-corrected chi connectivity index (χ4v) is 2.06. The van der Waals surface area contributed by atoms with E-state index in [9.17, 15) is 14.9 Å². The number of aromatic amines is 1. The van der Waals surface area contributed by atoms with Gasteiger partial charge in [-0.15, -0.1) is 5.10 Å². The van der Waals surface area contributed by atoms with Gasteiger partial charge in [0.05, 0.1) is 10.7 Å². The Bertz CT molecular complexity index is 701. The summed E-state index contributed by atoms with van der Waals surface area (Å²) in [6.07, 6.45) is 0. The van der Waals surface area contributed by atoms with Crippen molar-refractivity contribution in [3.63, 3.8) is 0 Å². The summed E-state index contributed by atoms with van der Waals surface area (Å²) in [7, 11) is 0. The van der Waals surface area contributed by atoms with Crippen molar-refractivity contribution >= 4 is 52.2 Å². The highest BCUT2D eigenvalue weighted by Gasteiger charge is 2.25. The summed E-state index contributed by atoms with van der Waals surface area (Å²) in [6, 6.07) is 4.45. The molecule has 2 rings (SSSR count). The van der Waals surface area contributed by atoms with E-state index in [0.717, 1.165) is 0 Å². The van der Waals surface area contributed by atoms with Gasteiger partial charge in [-0.3, -0.25) is 4.79 Å². The Balaban J connectivity index is 2.26. The molecule has 20 heavy (non-hydrogen) atoms. The number of hydrogen-bond donors (Lipinski definition) is 2. The van der Waals surface area contributed by atoms with E-state index < -0.39 is 16.6 Å². The molecule has 0 aliphatic carbocycles. The highest BCUT2D eigenvalue weighted by atomic mass is 35.5. The van der Waals surface area contributed by atoms with Crippen LogP contribution in [0.25, 0.3) is 0 Å². The van der Waals surface area contributed by atoms with Gasteiger partial charge in [0.1, 0.15) is 0 Å². The number of benzene rings is 1. The van der Waals surface area contributed by atoms with E-state index in [2.05, 4.69) is 15.5 Å². The summed E-state index contributed by atoms with van der Waals surface area (Å²) >= 11 is 17.3. The lowest BCUT2D eigenvalue weighted by Crippen LogP contribution is -2.13. The topological polar surface area (TPSA) is 101 Å². The maximum Gasteiger partial charge on any atom is 0.362 e. The molecule has 0 atom stereocenters. The van der Waals surface area contributed by atoms with Crippen molar-refractivity contribution in [2.75, 3.05) is 5.32 Å². The predicted octanol–water partition coefficient (Wildman–Crippen LogP) is 3.53. The first-order chi connectivity index (χ1) is 9.40. The smallest absolute Gasteiger partial charge is 0.358 e. The van der Waals surface area contributed by atoms with Crippen molar-refractivity contribution < 1.29 is 9.72 Å². The molecule has 10 heteroatoms. The number of hydrogen-bond acceptors (Lipinski definition) is 4. The van der Waals surface area contributed by atoms with Crippen LogP contribution in [-0.2, 0) is 0 Å². The molecule has 1 heterocycles. The minimum Gasteiger partial charge on any atom is -0.358 e. The zero-order valence-corrected chi connectivity index (χ0v) is 11.8. The number of aromatic nitrogens is 2. The average Bonchev–Trinajstić information content (AvgIpc) is 2.74. The summed E-state index contributed by atoms with van der Waals surface area (Å²) in [5.41, 5.74) is -0.0211. The molecule has 0 aliphatic heterocycles. The Morgan fingerprint density at radius 1 is 1.35 bits per heavy atom. The van der Waals surface area contributed by atoms with Crippen molar-refractivity contribution in [2.24, 2.45) is 0 Å². The summed E-state index contributed by atoms with van der Waals surface area (Å²) in [5.74, 6) is -1.29. The molecule has 0 unspecified atom stereocenters. The third-order valence-electron chi connectivity index (χ3n) is 2.27. The first-order valence-corrected chi connectivity index (χ1v) is 6.18. The number of anilines is 1. The van der Waals surface area contributed by atoms with Gasteiger partial charge in [0, 0.05) is 5.02 Å². The van der Waals surface area contributed by atoms with Gasteiger partial charge >= 0.3 is 5.82 Å². The Kier molecular flexibility index (Phi) is 4.12. The molecule has 7 nitrogen and oxygen atoms in total. The summed E-state index contributed by atoms with van der Waals surface area (Å²) in [5, 5.41) is 18.8. The van der Waals surface area contributed by atoms with E-state index in [1.807, 2.05) is 0 Å². The molecule has 0 radical (unpaired) electrons. The summed E-state index contributed by atoms with van der Waals surface area (Å²) in [6.45, 7) is 0. The number of halogens is 3. The van der Waals surface area contributed by atoms with E-state index in [1.165, 1.54) is 18.2 Å². The quantitative estimate of drug-likeness (QED) is 0.661. The number of nitro groups is 1. The molecule has 1 aromatic heterocycles. The second-order valence-corrected chi connectivity index (χ2v) is 4.79. The molecule has 1 aromatic carbocycles. The van der Waals surface area contributed by atoms with Gasteiger partial charge < -0.3 is 15.4 Å². The van der Waals surface area contributed by atoms with Gasteiger partial charge in [-0.05, 0) is 23.1 Å². The van der Waals surface area contributed by atoms with Crippen LogP contribution in [0, 0.1) is 10.1 Å². The van der Waals surface area contributed by atoms with Gasteiger partial charge in [0.2, 0.25) is 0 Å². The van der Waals surface area contributed by atoms with Crippen LogP contribution in [0.3, 0.4) is 0 Å². The molecule has 104 valence electrons.